The molecule has 0 unspecified atom stereocenters. The van der Waals surface area contributed by atoms with Crippen molar-refractivity contribution in [1.82, 2.24) is 5.32 Å². The van der Waals surface area contributed by atoms with Crippen molar-refractivity contribution in [2.45, 2.75) is 86.0 Å². The molecule has 0 fully saturated rings. The van der Waals surface area contributed by atoms with Crippen molar-refractivity contribution in [2.24, 2.45) is 0 Å². The van der Waals surface area contributed by atoms with E-state index in [0.717, 1.165) is 24.8 Å². The molecule has 0 saturated carbocycles. The number of carbonyl (C=O) groups excluding carboxylic acids is 1. The van der Waals surface area contributed by atoms with E-state index in [1.165, 1.54) is 36.4 Å². The van der Waals surface area contributed by atoms with Crippen molar-refractivity contribution in [3.63, 3.8) is 0 Å². The third-order valence-corrected chi connectivity index (χ3v) is 14.4. The van der Waals surface area contributed by atoms with Crippen LogP contribution in [0.2, 0.25) is 20.1 Å². The monoisotopic (exact) mass is 1470 g/mol. The van der Waals surface area contributed by atoms with Crippen LogP contribution >= 0.6 is 110 Å². The van der Waals surface area contributed by atoms with E-state index in [1.807, 2.05) is 27.7 Å². The van der Waals surface area contributed by atoms with Gasteiger partial charge in [0.15, 0.2) is 23.2 Å². The number of halogens is 11. The highest BCUT2D eigenvalue weighted by Crippen LogP contribution is 2.39. The number of carboxylic acids is 3. The smallest absolute Gasteiger partial charge is 0.322 e. The number of carbonyl (C=O) groups is 4. The summed E-state index contributed by atoms with van der Waals surface area (Å²) in [5.74, 6) is -3.65. The van der Waals surface area contributed by atoms with Crippen molar-refractivity contribution >= 4 is 151 Å². The fourth-order valence-corrected chi connectivity index (χ4v) is 11.4. The van der Waals surface area contributed by atoms with Crippen LogP contribution in [-0.2, 0) is 47.0 Å². The van der Waals surface area contributed by atoms with Gasteiger partial charge in [0.2, 0.25) is 0 Å². The molecule has 0 aliphatic carbocycles. The van der Waals surface area contributed by atoms with Gasteiger partial charge in [-0.05, 0) is 186 Å². The first-order valence-electron chi connectivity index (χ1n) is 25.1. The maximum Gasteiger partial charge on any atom is 0.322 e. The number of aryl methyl sites for hydroxylation is 2. The number of amides is 1. The van der Waals surface area contributed by atoms with Gasteiger partial charge >= 0.3 is 17.9 Å². The van der Waals surface area contributed by atoms with Gasteiger partial charge in [-0.25, -0.2) is 13.2 Å². The van der Waals surface area contributed by atoms with E-state index in [-0.39, 0.29) is 71.0 Å². The summed E-state index contributed by atoms with van der Waals surface area (Å²) >= 11 is 38.0. The van der Waals surface area contributed by atoms with Crippen LogP contribution in [-0.4, -0.2) is 65.3 Å². The molecule has 82 heavy (non-hydrogen) atoms. The maximum atomic E-state index is 14.7. The van der Waals surface area contributed by atoms with Gasteiger partial charge in [0, 0.05) is 58.4 Å². The molecule has 0 atom stereocenters. The van der Waals surface area contributed by atoms with Crippen LogP contribution in [0.1, 0.15) is 90.2 Å². The van der Waals surface area contributed by atoms with E-state index in [0.29, 0.717) is 99.2 Å². The Labute approximate surface area is 526 Å². The number of carboxylic acid groups (broad SMARTS) is 3. The van der Waals surface area contributed by atoms with Crippen molar-refractivity contribution in [3.8, 4) is 17.2 Å². The molecule has 0 aliphatic heterocycles. The Morgan fingerprint density at radius 3 is 1.32 bits per heavy atom. The van der Waals surface area contributed by atoms with Gasteiger partial charge < -0.3 is 50.8 Å². The van der Waals surface area contributed by atoms with Crippen molar-refractivity contribution in [1.29, 1.82) is 0 Å². The van der Waals surface area contributed by atoms with Gasteiger partial charge in [-0.3, -0.25) is 19.2 Å². The van der Waals surface area contributed by atoms with Crippen molar-refractivity contribution in [3.05, 3.63) is 167 Å². The average molecular weight is 1480 g/mol. The lowest BCUT2D eigenvalue weighted by atomic mass is 10.1. The second-order valence-electron chi connectivity index (χ2n) is 17.9. The van der Waals surface area contributed by atoms with Crippen LogP contribution in [0, 0.1) is 24.4 Å². The second kappa shape index (κ2) is 34.6. The Morgan fingerprint density at radius 2 is 0.915 bits per heavy atom. The molecular weight excluding hydrogens is 1420 g/mol. The first-order chi connectivity index (χ1) is 38.8. The number of anilines is 3. The first kappa shape index (κ1) is 69.4. The minimum Gasteiger partial charge on any atom is -0.486 e. The minimum atomic E-state index is -1.15. The maximum absolute atomic E-state index is 14.7. The van der Waals surface area contributed by atoms with Crippen LogP contribution in [0.15, 0.2) is 90.7 Å². The van der Waals surface area contributed by atoms with Gasteiger partial charge in [-0.1, -0.05) is 67.2 Å². The number of hydrogen-bond donors (Lipinski definition) is 7. The second-order valence-corrected chi connectivity index (χ2v) is 23.0. The van der Waals surface area contributed by atoms with Crippen molar-refractivity contribution in [2.75, 3.05) is 42.1 Å². The summed E-state index contributed by atoms with van der Waals surface area (Å²) in [6, 6.07) is 19.1. The zero-order chi connectivity index (χ0) is 60.8. The minimum absolute atomic E-state index is 0.0336. The summed E-state index contributed by atoms with van der Waals surface area (Å²) in [7, 11) is 0. The lowest BCUT2D eigenvalue weighted by Gasteiger charge is -2.15. The Hall–Kier alpha value is -5.13. The lowest BCUT2D eigenvalue weighted by Crippen LogP contribution is -2.29. The number of benzene rings is 6. The molecule has 6 aromatic carbocycles. The van der Waals surface area contributed by atoms with E-state index in [2.05, 4.69) is 85.0 Å². The summed E-state index contributed by atoms with van der Waals surface area (Å²) in [4.78, 5) is 44.1. The average Bonchev–Trinajstić information content (AvgIpc) is 3.62. The van der Waals surface area contributed by atoms with Crippen LogP contribution in [0.25, 0.3) is 0 Å². The van der Waals surface area contributed by atoms with E-state index in [9.17, 15) is 32.3 Å². The molecule has 0 aliphatic rings. The largest absolute Gasteiger partial charge is 0.486 e. The van der Waals surface area contributed by atoms with Crippen LogP contribution < -0.4 is 35.5 Å². The SMILES string of the molecule is CCCNc1cc(C)cc(COc2c(Br)cc(CC(=O)O)cc2Br)c1F.CCCNc1cc(Cl)cc(COc2c(Br)cc(C(=O)NCC(=O)O)cc2Br)c1F.CCCNc1cc(Cl)cc(COc2c(Cl)cc(CCC(=O)O)cc2Cl)c1F. The molecule has 0 heterocycles. The molecule has 14 nitrogen and oxygen atoms in total. The zero-order valence-corrected chi connectivity index (χ0v) is 53.8. The van der Waals surface area contributed by atoms with Crippen LogP contribution in [0.3, 0.4) is 0 Å². The molecule has 0 radical (unpaired) electrons. The Balaban J connectivity index is 0.000000265. The molecule has 25 heteroatoms. The summed E-state index contributed by atoms with van der Waals surface area (Å²) in [6.45, 7) is 9.18. The first-order valence-corrected chi connectivity index (χ1v) is 29.8. The zero-order valence-electron chi connectivity index (χ0n) is 44.5. The Bertz CT molecular complexity index is 3170. The van der Waals surface area contributed by atoms with Gasteiger partial charge in [0.1, 0.15) is 37.9 Å². The molecule has 6 aromatic rings. The fraction of sp³-hybridized carbons (Fsp3) is 0.298. The van der Waals surface area contributed by atoms with E-state index in [1.54, 1.807) is 36.4 Å². The van der Waals surface area contributed by atoms with E-state index < -0.39 is 42.0 Å². The molecule has 0 aromatic heterocycles. The molecular formula is C57H57Br4Cl4F3N4O10. The summed E-state index contributed by atoms with van der Waals surface area (Å²) in [5, 5.41) is 38.9. The number of aliphatic carboxylic acids is 3. The quantitative estimate of drug-likeness (QED) is 0.0270. The summed E-state index contributed by atoms with van der Waals surface area (Å²) < 4.78 is 63.2. The highest BCUT2D eigenvalue weighted by molar-refractivity contribution is 9.11. The normalized spacial score (nSPS) is 10.6. The van der Waals surface area contributed by atoms with Gasteiger partial charge in [-0.2, -0.15) is 0 Å². The third-order valence-electron chi connectivity index (χ3n) is 11.1. The molecule has 0 bridgehead atoms. The topological polar surface area (TPSA) is 205 Å². The number of hydrogen-bond acceptors (Lipinski definition) is 10. The number of nitrogens with one attached hydrogen (secondary N) is 4. The van der Waals surface area contributed by atoms with Gasteiger partial charge in [0.25, 0.3) is 5.91 Å². The predicted molar refractivity (Wildman–Crippen MR) is 331 cm³/mol. The lowest BCUT2D eigenvalue weighted by molar-refractivity contribution is -0.137. The van der Waals surface area contributed by atoms with E-state index >= 15 is 0 Å². The Kier molecular flexibility index (Phi) is 29.3. The van der Waals surface area contributed by atoms with Crippen LogP contribution in [0.5, 0.6) is 17.2 Å². The predicted octanol–water partition coefficient (Wildman–Crippen LogP) is 17.1. The molecule has 0 saturated heterocycles. The Morgan fingerprint density at radius 1 is 0.512 bits per heavy atom. The van der Waals surface area contributed by atoms with Gasteiger partial charge in [-0.15, -0.1) is 0 Å². The molecule has 7 N–H and O–H groups in total. The fourth-order valence-electron chi connectivity index (χ4n) is 7.32. The molecule has 442 valence electrons. The summed E-state index contributed by atoms with van der Waals surface area (Å²) in [6.07, 6.45) is 2.76. The molecule has 1 amide bonds. The highest BCUT2D eigenvalue weighted by Gasteiger charge is 2.19. The molecule has 0 spiro atoms. The summed E-state index contributed by atoms with van der Waals surface area (Å²) in [5.41, 5.74) is 4.58. The van der Waals surface area contributed by atoms with Crippen LogP contribution in [0.4, 0.5) is 30.2 Å². The van der Waals surface area contributed by atoms with Crippen molar-refractivity contribution < 1.29 is 61.9 Å². The highest BCUT2D eigenvalue weighted by atomic mass is 79.9. The third kappa shape index (κ3) is 22.1. The van der Waals surface area contributed by atoms with E-state index in [4.69, 9.17) is 75.9 Å². The number of rotatable bonds is 26. The standard InChI is InChI=1S/C19H18Br2ClFN2O4.C19H20Br2FNO3.C19H19Cl3FNO3/c1-2-3-24-15-7-12(22)4-11(17(15)23)9-29-18-13(20)5-10(6-14(18)21)19(28)25-8-16(26)27;1-3-4-23-16-6-11(2)5-13(18(16)22)10-26-19-14(20)7-12(8-15(19)21)9-17(24)25;1-2-5-24-16-9-13(20)8-12(18(16)23)10-27-19-14(21)6-11(7-15(19)22)3-4-17(25)26/h4-7,24H,2-3,8-9H2,1H3,(H,25,28)(H,26,27);5-8,23H,3-4,9-10H2,1-2H3,(H,24,25);6-9,24H,2-5,10H2,1H3,(H,25,26). The van der Waals surface area contributed by atoms with Gasteiger partial charge in [0.05, 0.1) is 51.4 Å². The molecule has 6 rings (SSSR count). The number of ether oxygens (including phenoxy) is 3.